The summed E-state index contributed by atoms with van der Waals surface area (Å²) in [6.07, 6.45) is 2.65. The van der Waals surface area contributed by atoms with Crippen molar-refractivity contribution in [2.24, 2.45) is 23.5 Å². The zero-order valence-corrected chi connectivity index (χ0v) is 12.8. The summed E-state index contributed by atoms with van der Waals surface area (Å²) in [5.74, 6) is -0.595. The van der Waals surface area contributed by atoms with E-state index in [4.69, 9.17) is 5.73 Å². The summed E-state index contributed by atoms with van der Waals surface area (Å²) in [4.78, 5) is 10.3. The number of nitrogens with two attached hydrogens (primary N) is 1. The quantitative estimate of drug-likeness (QED) is 0.774. The Hall–Kier alpha value is -1.35. The van der Waals surface area contributed by atoms with Gasteiger partial charge in [-0.25, -0.2) is 0 Å². The normalized spacial score (nSPS) is 33.1. The number of carbonyl (C=O) groups excluding carboxylic acids is 1. The van der Waals surface area contributed by atoms with Crippen molar-refractivity contribution in [2.45, 2.75) is 30.2 Å². The minimum atomic E-state index is -9.76. The average Bonchev–Trinajstić information content (AvgIpc) is 2.97. The van der Waals surface area contributed by atoms with E-state index in [0.717, 1.165) is 31.4 Å². The summed E-state index contributed by atoms with van der Waals surface area (Å²) < 4.78 is 64.1. The molecule has 2 bridgehead atoms. The van der Waals surface area contributed by atoms with Gasteiger partial charge in [0.15, 0.2) is 0 Å². The lowest BCUT2D eigenvalue weighted by molar-refractivity contribution is -0.121. The molecule has 4 atom stereocenters. The highest BCUT2D eigenvalue weighted by Crippen LogP contribution is 3.02. The second kappa shape index (κ2) is 4.38. The maximum atomic E-state index is 12.8. The molecule has 1 aromatic rings. The Bertz CT molecular complexity index is 661. The Morgan fingerprint density at radius 2 is 1.78 bits per heavy atom. The molecule has 2 aliphatic rings. The predicted octanol–water partition coefficient (Wildman–Crippen LogP) is 4.66. The Morgan fingerprint density at radius 3 is 2.35 bits per heavy atom. The van der Waals surface area contributed by atoms with Crippen molar-refractivity contribution in [1.29, 1.82) is 0 Å². The van der Waals surface area contributed by atoms with Gasteiger partial charge in [0.25, 0.3) is 0 Å². The molecule has 0 spiro atoms. The molecule has 3 rings (SSSR count). The Kier molecular flexibility index (Phi) is 3.15. The highest BCUT2D eigenvalue weighted by molar-refractivity contribution is 8.45. The number of hydrogen-bond acceptors (Lipinski definition) is 2. The van der Waals surface area contributed by atoms with E-state index in [0.29, 0.717) is 6.07 Å². The van der Waals surface area contributed by atoms with E-state index in [9.17, 15) is 24.2 Å². The topological polar surface area (TPSA) is 55.1 Å². The minimum Gasteiger partial charge on any atom is -0.327 e. The van der Waals surface area contributed by atoms with Crippen molar-refractivity contribution < 1.29 is 24.2 Å². The molecule has 3 N–H and O–H groups in total. The van der Waals surface area contributed by atoms with Crippen LogP contribution in [0.3, 0.4) is 0 Å². The lowest BCUT2D eigenvalue weighted by Crippen LogP contribution is -2.42. The number of hydrogen-bond donors (Lipinski definition) is 2. The van der Waals surface area contributed by atoms with Gasteiger partial charge in [0.2, 0.25) is 5.91 Å². The fraction of sp³-hybridized carbons (Fsp3) is 0.500. The van der Waals surface area contributed by atoms with E-state index >= 15 is 0 Å². The van der Waals surface area contributed by atoms with Crippen LogP contribution >= 0.6 is 10.2 Å². The molecule has 3 nitrogen and oxygen atoms in total. The first-order chi connectivity index (χ1) is 10.3. The standard InChI is InChI=1S/C14H17F5N2OS/c15-23(16,17,18,19)11-3-1-2-10(7-11)21-14(22)12-8-4-5-9(6-8)13(12)20/h1-3,7-9,12-13H,4-6,20H2,(H,21,22)/t8-,9+,12-,13+/m1/s1. The van der Waals surface area contributed by atoms with Gasteiger partial charge in [-0.1, -0.05) is 25.5 Å². The van der Waals surface area contributed by atoms with E-state index in [-0.39, 0.29) is 29.6 Å². The molecule has 0 heterocycles. The Labute approximate surface area is 130 Å². The van der Waals surface area contributed by atoms with Gasteiger partial charge in [-0.05, 0) is 49.3 Å². The SMILES string of the molecule is N[C@H]1[C@H]2CC[C@H](C2)[C@H]1C(=O)Nc1cccc(S(F)(F)(F)(F)F)c1. The summed E-state index contributed by atoms with van der Waals surface area (Å²) in [6.45, 7) is 0. The van der Waals surface area contributed by atoms with E-state index in [1.165, 1.54) is 0 Å². The highest BCUT2D eigenvalue weighted by Gasteiger charge is 2.65. The Morgan fingerprint density at radius 1 is 1.13 bits per heavy atom. The molecule has 2 fully saturated rings. The first-order valence-corrected chi connectivity index (χ1v) is 9.21. The van der Waals surface area contributed by atoms with Crippen molar-refractivity contribution in [2.75, 3.05) is 5.32 Å². The van der Waals surface area contributed by atoms with Crippen LogP contribution in [0.4, 0.5) is 25.1 Å². The monoisotopic (exact) mass is 356 g/mol. The summed E-state index contributed by atoms with van der Waals surface area (Å²) in [5.41, 5.74) is 5.71. The maximum Gasteiger partial charge on any atom is 0.310 e. The first-order valence-electron chi connectivity index (χ1n) is 7.26. The van der Waals surface area contributed by atoms with Crippen LogP contribution in [-0.2, 0) is 4.79 Å². The van der Waals surface area contributed by atoms with Crippen molar-refractivity contribution in [3.8, 4) is 0 Å². The molecule has 0 aromatic heterocycles. The summed E-state index contributed by atoms with van der Waals surface area (Å²) in [6, 6.07) is 2.26. The van der Waals surface area contributed by atoms with Gasteiger partial charge in [-0.2, -0.15) is 0 Å². The van der Waals surface area contributed by atoms with Crippen LogP contribution in [0.2, 0.25) is 0 Å². The number of benzene rings is 1. The molecule has 0 saturated heterocycles. The molecule has 23 heavy (non-hydrogen) atoms. The number of anilines is 1. The van der Waals surface area contributed by atoms with Gasteiger partial charge in [0.05, 0.1) is 5.92 Å². The van der Waals surface area contributed by atoms with Crippen molar-refractivity contribution in [1.82, 2.24) is 0 Å². The number of nitrogens with one attached hydrogen (secondary N) is 1. The second-order valence-electron chi connectivity index (χ2n) is 6.42. The average molecular weight is 356 g/mol. The molecule has 0 unspecified atom stereocenters. The van der Waals surface area contributed by atoms with Crippen LogP contribution in [0.25, 0.3) is 0 Å². The molecule has 1 amide bonds. The van der Waals surface area contributed by atoms with Gasteiger partial charge < -0.3 is 11.1 Å². The fourth-order valence-electron chi connectivity index (χ4n) is 3.76. The van der Waals surface area contributed by atoms with Crippen molar-refractivity contribution >= 4 is 21.8 Å². The molecular weight excluding hydrogens is 339 g/mol. The highest BCUT2D eigenvalue weighted by atomic mass is 32.5. The molecule has 0 aliphatic heterocycles. The zero-order chi connectivity index (χ0) is 17.1. The van der Waals surface area contributed by atoms with E-state index in [2.05, 4.69) is 5.32 Å². The lowest BCUT2D eigenvalue weighted by atomic mass is 9.84. The van der Waals surface area contributed by atoms with Crippen LogP contribution in [0.5, 0.6) is 0 Å². The summed E-state index contributed by atoms with van der Waals surface area (Å²) in [7, 11) is -9.76. The second-order valence-corrected chi connectivity index (χ2v) is 8.83. The van der Waals surface area contributed by atoms with Crippen LogP contribution < -0.4 is 11.1 Å². The third kappa shape index (κ3) is 3.16. The van der Waals surface area contributed by atoms with E-state index in [1.807, 2.05) is 0 Å². The summed E-state index contributed by atoms with van der Waals surface area (Å²) in [5, 5.41) is 2.31. The van der Waals surface area contributed by atoms with Crippen LogP contribution in [0.1, 0.15) is 19.3 Å². The number of amides is 1. The van der Waals surface area contributed by atoms with Crippen molar-refractivity contribution in [3.63, 3.8) is 0 Å². The van der Waals surface area contributed by atoms with E-state index < -0.39 is 26.9 Å². The van der Waals surface area contributed by atoms with Gasteiger partial charge >= 0.3 is 10.2 Å². The largest absolute Gasteiger partial charge is 0.327 e. The number of rotatable bonds is 3. The number of fused-ring (bicyclic) bond motifs is 2. The fourth-order valence-corrected chi connectivity index (χ4v) is 4.45. The predicted molar refractivity (Wildman–Crippen MR) is 78.8 cm³/mol. The molecule has 1 aromatic carbocycles. The maximum absolute atomic E-state index is 12.8. The third-order valence-electron chi connectivity index (χ3n) is 4.83. The first kappa shape index (κ1) is 16.5. The minimum absolute atomic E-state index is 0.119. The Balaban J connectivity index is 1.81. The third-order valence-corrected chi connectivity index (χ3v) is 5.98. The van der Waals surface area contributed by atoms with Crippen LogP contribution in [0.15, 0.2) is 29.2 Å². The smallest absolute Gasteiger partial charge is 0.310 e. The van der Waals surface area contributed by atoms with Crippen LogP contribution in [-0.4, -0.2) is 11.9 Å². The molecule has 9 heteroatoms. The zero-order valence-electron chi connectivity index (χ0n) is 12.0. The molecule has 130 valence electrons. The molecule has 0 radical (unpaired) electrons. The number of carbonyl (C=O) groups is 1. The molecule has 2 aliphatic carbocycles. The van der Waals surface area contributed by atoms with Gasteiger partial charge in [-0.3, -0.25) is 4.79 Å². The van der Waals surface area contributed by atoms with E-state index in [1.54, 1.807) is 0 Å². The van der Waals surface area contributed by atoms with Crippen molar-refractivity contribution in [3.05, 3.63) is 24.3 Å². The number of halogens is 5. The van der Waals surface area contributed by atoms with Gasteiger partial charge in [0.1, 0.15) is 4.90 Å². The molecular formula is C14H17F5N2OS. The van der Waals surface area contributed by atoms with Gasteiger partial charge in [-0.15, -0.1) is 0 Å². The van der Waals surface area contributed by atoms with Crippen LogP contribution in [0, 0.1) is 17.8 Å². The molecule has 2 saturated carbocycles. The summed E-state index contributed by atoms with van der Waals surface area (Å²) >= 11 is 0. The van der Waals surface area contributed by atoms with Gasteiger partial charge in [0, 0.05) is 11.7 Å². The lowest BCUT2D eigenvalue weighted by Gasteiger charge is -2.40.